The van der Waals surface area contributed by atoms with E-state index in [-0.39, 0.29) is 5.82 Å². The predicted molar refractivity (Wildman–Crippen MR) is 78.8 cm³/mol. The molecule has 0 aliphatic rings. The Balaban J connectivity index is 2.07. The molecule has 1 atom stereocenters. The van der Waals surface area contributed by atoms with Crippen molar-refractivity contribution >= 4 is 21.4 Å². The maximum atomic E-state index is 13.4. The Hall–Kier alpha value is -1.91. The molecule has 20 heavy (non-hydrogen) atoms. The summed E-state index contributed by atoms with van der Waals surface area (Å²) < 4.78 is 19.7. The van der Waals surface area contributed by atoms with Crippen LogP contribution in [-0.2, 0) is 0 Å². The molecule has 1 aromatic heterocycles. The van der Waals surface area contributed by atoms with Crippen LogP contribution in [0.5, 0.6) is 5.75 Å². The molecule has 0 amide bonds. The third kappa shape index (κ3) is 2.28. The first kappa shape index (κ1) is 13.1. The molecular weight excluding hydrogens is 275 g/mol. The Morgan fingerprint density at radius 1 is 1.15 bits per heavy atom. The molecule has 0 aliphatic heterocycles. The van der Waals surface area contributed by atoms with Crippen molar-refractivity contribution in [1.82, 2.24) is 0 Å². The molecule has 2 aromatic carbocycles. The number of thiophene rings is 1. The molecule has 0 aliphatic carbocycles. The maximum Gasteiger partial charge on any atom is 0.125 e. The Morgan fingerprint density at radius 2 is 1.95 bits per heavy atom. The molecule has 2 nitrogen and oxygen atoms in total. The summed E-state index contributed by atoms with van der Waals surface area (Å²) in [7, 11) is 1.51. The van der Waals surface area contributed by atoms with Crippen LogP contribution < -0.4 is 4.74 Å². The summed E-state index contributed by atoms with van der Waals surface area (Å²) in [5, 5.41) is 11.6. The van der Waals surface area contributed by atoms with Crippen molar-refractivity contribution in [1.29, 1.82) is 0 Å². The summed E-state index contributed by atoms with van der Waals surface area (Å²) in [5.41, 5.74) is 0.444. The molecule has 1 heterocycles. The van der Waals surface area contributed by atoms with Gasteiger partial charge in [-0.25, -0.2) is 4.39 Å². The number of benzene rings is 2. The van der Waals surface area contributed by atoms with E-state index in [9.17, 15) is 9.50 Å². The third-order valence-corrected chi connectivity index (χ3v) is 4.37. The average Bonchev–Trinajstić information content (AvgIpc) is 2.90. The maximum absolute atomic E-state index is 13.4. The van der Waals surface area contributed by atoms with Crippen LogP contribution in [0, 0.1) is 5.82 Å². The highest BCUT2D eigenvalue weighted by molar-refractivity contribution is 7.19. The normalized spacial score (nSPS) is 12.6. The Labute approximate surface area is 120 Å². The zero-order valence-corrected chi connectivity index (χ0v) is 11.7. The Morgan fingerprint density at radius 3 is 2.70 bits per heavy atom. The van der Waals surface area contributed by atoms with E-state index >= 15 is 0 Å². The number of aliphatic hydroxyl groups excluding tert-OH is 1. The van der Waals surface area contributed by atoms with Gasteiger partial charge in [0.15, 0.2) is 0 Å². The molecule has 102 valence electrons. The topological polar surface area (TPSA) is 29.5 Å². The van der Waals surface area contributed by atoms with Crippen LogP contribution >= 0.6 is 11.3 Å². The number of rotatable bonds is 3. The minimum Gasteiger partial charge on any atom is -0.496 e. The fraction of sp³-hybridized carbons (Fsp3) is 0.125. The molecular formula is C16H13FO2S. The smallest absolute Gasteiger partial charge is 0.125 e. The van der Waals surface area contributed by atoms with Crippen molar-refractivity contribution in [2.24, 2.45) is 0 Å². The highest BCUT2D eigenvalue weighted by Gasteiger charge is 2.18. The lowest BCUT2D eigenvalue weighted by Gasteiger charge is -2.13. The van der Waals surface area contributed by atoms with Crippen molar-refractivity contribution in [2.45, 2.75) is 6.10 Å². The summed E-state index contributed by atoms with van der Waals surface area (Å²) in [6, 6.07) is 14.0. The highest BCUT2D eigenvalue weighted by atomic mass is 32.1. The molecule has 3 aromatic rings. The molecule has 0 saturated heterocycles. The van der Waals surface area contributed by atoms with Crippen LogP contribution in [0.1, 0.15) is 16.5 Å². The second-order valence-electron chi connectivity index (χ2n) is 4.48. The van der Waals surface area contributed by atoms with Gasteiger partial charge in [0.05, 0.1) is 7.11 Å². The molecule has 0 fully saturated rings. The van der Waals surface area contributed by atoms with Crippen molar-refractivity contribution in [2.75, 3.05) is 7.11 Å². The standard InChI is InChI=1S/C16H13FO2S/c1-19-13-7-6-11(17)9-12(13)16(18)15-8-10-4-2-3-5-14(10)20-15/h2-9,16,18H,1H3. The van der Waals surface area contributed by atoms with Crippen molar-refractivity contribution in [3.63, 3.8) is 0 Å². The lowest BCUT2D eigenvalue weighted by Crippen LogP contribution is -2.01. The van der Waals surface area contributed by atoms with E-state index in [1.54, 1.807) is 0 Å². The zero-order valence-electron chi connectivity index (χ0n) is 10.8. The Kier molecular flexibility index (Phi) is 3.42. The lowest BCUT2D eigenvalue weighted by molar-refractivity contribution is 0.218. The molecule has 3 rings (SSSR count). The molecule has 4 heteroatoms. The van der Waals surface area contributed by atoms with E-state index in [0.717, 1.165) is 15.0 Å². The van der Waals surface area contributed by atoms with Gasteiger partial charge < -0.3 is 9.84 Å². The van der Waals surface area contributed by atoms with Crippen LogP contribution in [0.2, 0.25) is 0 Å². The van der Waals surface area contributed by atoms with Crippen LogP contribution in [-0.4, -0.2) is 12.2 Å². The molecule has 0 saturated carbocycles. The fourth-order valence-corrected chi connectivity index (χ4v) is 3.28. The summed E-state index contributed by atoms with van der Waals surface area (Å²) in [4.78, 5) is 0.773. The van der Waals surface area contributed by atoms with Gasteiger partial charge in [-0.05, 0) is 35.7 Å². The van der Waals surface area contributed by atoms with Gasteiger partial charge in [0.25, 0.3) is 0 Å². The summed E-state index contributed by atoms with van der Waals surface area (Å²) in [6.45, 7) is 0. The van der Waals surface area contributed by atoms with E-state index in [4.69, 9.17) is 4.74 Å². The van der Waals surface area contributed by atoms with E-state index in [1.165, 1.54) is 36.6 Å². The number of methoxy groups -OCH3 is 1. The van der Waals surface area contributed by atoms with Crippen LogP contribution in [0.3, 0.4) is 0 Å². The zero-order chi connectivity index (χ0) is 14.1. The highest BCUT2D eigenvalue weighted by Crippen LogP contribution is 2.36. The summed E-state index contributed by atoms with van der Waals surface area (Å²) in [5.74, 6) is 0.0947. The van der Waals surface area contributed by atoms with Crippen LogP contribution in [0.4, 0.5) is 4.39 Å². The number of aliphatic hydroxyl groups is 1. The van der Waals surface area contributed by atoms with Crippen molar-refractivity contribution < 1.29 is 14.2 Å². The number of halogens is 1. The first-order chi connectivity index (χ1) is 9.69. The van der Waals surface area contributed by atoms with Gasteiger partial charge in [0, 0.05) is 15.1 Å². The molecule has 0 bridgehead atoms. The first-order valence-corrected chi connectivity index (χ1v) is 7.00. The van der Waals surface area contributed by atoms with Crippen molar-refractivity contribution in [3.05, 3.63) is 64.8 Å². The molecule has 1 unspecified atom stereocenters. The average molecular weight is 288 g/mol. The monoisotopic (exact) mass is 288 g/mol. The first-order valence-electron chi connectivity index (χ1n) is 6.19. The van der Waals surface area contributed by atoms with Gasteiger partial charge in [-0.15, -0.1) is 11.3 Å². The number of hydrogen-bond acceptors (Lipinski definition) is 3. The van der Waals surface area contributed by atoms with Gasteiger partial charge >= 0.3 is 0 Å². The van der Waals surface area contributed by atoms with E-state index in [1.807, 2.05) is 30.3 Å². The third-order valence-electron chi connectivity index (χ3n) is 3.20. The predicted octanol–water partition coefficient (Wildman–Crippen LogP) is 4.13. The minimum atomic E-state index is -0.891. The van der Waals surface area contributed by atoms with Gasteiger partial charge in [0.1, 0.15) is 17.7 Å². The Bertz CT molecular complexity index is 718. The van der Waals surface area contributed by atoms with E-state index < -0.39 is 6.10 Å². The van der Waals surface area contributed by atoms with E-state index in [0.29, 0.717) is 11.3 Å². The SMILES string of the molecule is COc1ccc(F)cc1C(O)c1cc2ccccc2s1. The summed E-state index contributed by atoms with van der Waals surface area (Å²) >= 11 is 1.50. The van der Waals surface area contributed by atoms with Gasteiger partial charge in [0.2, 0.25) is 0 Å². The van der Waals surface area contributed by atoms with Gasteiger partial charge in [-0.3, -0.25) is 0 Å². The lowest BCUT2D eigenvalue weighted by atomic mass is 10.1. The molecule has 0 spiro atoms. The second kappa shape index (κ2) is 5.23. The largest absolute Gasteiger partial charge is 0.496 e. The van der Waals surface area contributed by atoms with Crippen LogP contribution in [0.25, 0.3) is 10.1 Å². The van der Waals surface area contributed by atoms with Gasteiger partial charge in [-0.1, -0.05) is 18.2 Å². The fourth-order valence-electron chi connectivity index (χ4n) is 2.21. The van der Waals surface area contributed by atoms with Gasteiger partial charge in [-0.2, -0.15) is 0 Å². The number of fused-ring (bicyclic) bond motifs is 1. The molecule has 0 radical (unpaired) electrons. The van der Waals surface area contributed by atoms with Crippen LogP contribution in [0.15, 0.2) is 48.5 Å². The number of ether oxygens (including phenoxy) is 1. The number of hydrogen-bond donors (Lipinski definition) is 1. The second-order valence-corrected chi connectivity index (χ2v) is 5.59. The molecule has 1 N–H and O–H groups in total. The summed E-state index contributed by atoms with van der Waals surface area (Å²) in [6.07, 6.45) is -0.891. The minimum absolute atomic E-state index is 0.388. The van der Waals surface area contributed by atoms with E-state index in [2.05, 4.69) is 0 Å². The van der Waals surface area contributed by atoms with Crippen molar-refractivity contribution in [3.8, 4) is 5.75 Å². The quantitative estimate of drug-likeness (QED) is 0.785.